The first-order valence-electron chi connectivity index (χ1n) is 5.47. The van der Waals surface area contributed by atoms with Crippen molar-refractivity contribution in [3.8, 4) is 5.88 Å². The zero-order chi connectivity index (χ0) is 12.0. The van der Waals surface area contributed by atoms with E-state index in [0.717, 1.165) is 6.42 Å². The van der Waals surface area contributed by atoms with Gasteiger partial charge in [0.05, 0.1) is 7.11 Å². The molecule has 1 aromatic heterocycles. The summed E-state index contributed by atoms with van der Waals surface area (Å²) >= 11 is 0. The van der Waals surface area contributed by atoms with Gasteiger partial charge >= 0.3 is 0 Å². The summed E-state index contributed by atoms with van der Waals surface area (Å²) < 4.78 is 5.03. The number of allylic oxidation sites excluding steroid dienone is 1. The number of nitrogens with one attached hydrogen (secondary N) is 1. The molecule has 0 aliphatic carbocycles. The molecule has 0 spiro atoms. The van der Waals surface area contributed by atoms with Crippen molar-refractivity contribution in [2.24, 2.45) is 0 Å². The number of rotatable bonds is 5. The Hall–Kier alpha value is -1.35. The molecule has 0 fully saturated rings. The Morgan fingerprint density at radius 2 is 2.25 bits per heavy atom. The minimum atomic E-state index is 0.361. The van der Waals surface area contributed by atoms with E-state index in [2.05, 4.69) is 36.3 Å². The smallest absolute Gasteiger partial charge is 0.212 e. The second-order valence-corrected chi connectivity index (χ2v) is 4.05. The summed E-state index contributed by atoms with van der Waals surface area (Å²) in [5.41, 5.74) is 2.53. The monoisotopic (exact) mass is 220 g/mol. The van der Waals surface area contributed by atoms with Crippen LogP contribution in [0.2, 0.25) is 0 Å². The van der Waals surface area contributed by atoms with Crippen molar-refractivity contribution < 1.29 is 4.74 Å². The lowest BCUT2D eigenvalue weighted by molar-refractivity contribution is 0.397. The van der Waals surface area contributed by atoms with Crippen LogP contribution in [0.5, 0.6) is 5.88 Å². The average Bonchev–Trinajstić information content (AvgIpc) is 2.28. The summed E-state index contributed by atoms with van der Waals surface area (Å²) in [7, 11) is 3.60. The molecule has 16 heavy (non-hydrogen) atoms. The van der Waals surface area contributed by atoms with Crippen LogP contribution in [-0.4, -0.2) is 25.2 Å². The first-order chi connectivity index (χ1) is 7.65. The van der Waals surface area contributed by atoms with Gasteiger partial charge in [-0.3, -0.25) is 0 Å². The van der Waals surface area contributed by atoms with Gasteiger partial charge < -0.3 is 10.1 Å². The molecule has 1 aromatic rings. The molecule has 0 aliphatic rings. The maximum absolute atomic E-state index is 5.03. The molecule has 0 radical (unpaired) electrons. The summed E-state index contributed by atoms with van der Waals surface area (Å²) in [5.74, 6) is 0.659. The van der Waals surface area contributed by atoms with Crippen molar-refractivity contribution in [1.82, 2.24) is 10.3 Å². The zero-order valence-electron chi connectivity index (χ0n) is 10.4. The second-order valence-electron chi connectivity index (χ2n) is 4.05. The molecule has 0 bridgehead atoms. The lowest BCUT2D eigenvalue weighted by atomic mass is 10.1. The van der Waals surface area contributed by atoms with E-state index >= 15 is 0 Å². The van der Waals surface area contributed by atoms with Gasteiger partial charge in [-0.2, -0.15) is 0 Å². The number of nitrogens with zero attached hydrogens (tertiary/aromatic N) is 1. The van der Waals surface area contributed by atoms with Gasteiger partial charge in [-0.15, -0.1) is 0 Å². The lowest BCUT2D eigenvalue weighted by Gasteiger charge is -2.12. The largest absolute Gasteiger partial charge is 0.481 e. The summed E-state index contributed by atoms with van der Waals surface area (Å²) in [6.45, 7) is 4.22. The highest BCUT2D eigenvalue weighted by molar-refractivity contribution is 5.20. The minimum Gasteiger partial charge on any atom is -0.481 e. The Kier molecular flexibility index (Phi) is 4.99. The number of aromatic nitrogens is 1. The maximum atomic E-state index is 5.03. The molecule has 3 nitrogen and oxygen atoms in total. The standard InChI is InChI=1S/C13H20N2O/c1-10(2)7-12(14-3)8-11-5-6-13(16-4)15-9-11/h5-7,9,12,14H,8H2,1-4H3. The molecule has 1 unspecified atom stereocenters. The Morgan fingerprint density at radius 1 is 1.50 bits per heavy atom. The molecule has 1 atom stereocenters. The van der Waals surface area contributed by atoms with Gasteiger partial charge in [-0.05, 0) is 32.9 Å². The van der Waals surface area contributed by atoms with E-state index in [1.165, 1.54) is 11.1 Å². The van der Waals surface area contributed by atoms with E-state index in [4.69, 9.17) is 4.74 Å². The molecule has 3 heteroatoms. The molecule has 0 saturated heterocycles. The van der Waals surface area contributed by atoms with Crippen LogP contribution in [0, 0.1) is 0 Å². The molecule has 0 amide bonds. The molecule has 0 aromatic carbocycles. The van der Waals surface area contributed by atoms with Crippen LogP contribution in [-0.2, 0) is 6.42 Å². The lowest BCUT2D eigenvalue weighted by Crippen LogP contribution is -2.25. The van der Waals surface area contributed by atoms with Crippen LogP contribution in [0.15, 0.2) is 30.0 Å². The number of hydrogen-bond donors (Lipinski definition) is 1. The fourth-order valence-electron chi connectivity index (χ4n) is 1.55. The van der Waals surface area contributed by atoms with Gasteiger partial charge in [0.15, 0.2) is 0 Å². The van der Waals surface area contributed by atoms with Gasteiger partial charge in [0.2, 0.25) is 5.88 Å². The molecule has 1 N–H and O–H groups in total. The zero-order valence-corrected chi connectivity index (χ0v) is 10.4. The van der Waals surface area contributed by atoms with Gasteiger partial charge in [0, 0.05) is 18.3 Å². The quantitative estimate of drug-likeness (QED) is 0.772. The van der Waals surface area contributed by atoms with Gasteiger partial charge in [0.25, 0.3) is 0 Å². The van der Waals surface area contributed by atoms with Gasteiger partial charge in [-0.25, -0.2) is 4.98 Å². The fourth-order valence-corrected chi connectivity index (χ4v) is 1.55. The van der Waals surface area contributed by atoms with Crippen LogP contribution < -0.4 is 10.1 Å². The molecule has 0 aliphatic heterocycles. The van der Waals surface area contributed by atoms with Crippen molar-refractivity contribution in [3.05, 3.63) is 35.5 Å². The molecule has 1 heterocycles. The number of ether oxygens (including phenoxy) is 1. The van der Waals surface area contributed by atoms with E-state index in [1.54, 1.807) is 7.11 Å². The SMILES string of the molecule is CNC(C=C(C)C)Cc1ccc(OC)nc1. The highest BCUT2D eigenvalue weighted by atomic mass is 16.5. The second kappa shape index (κ2) is 6.28. The van der Waals surface area contributed by atoms with E-state index in [9.17, 15) is 0 Å². The number of pyridine rings is 1. The minimum absolute atomic E-state index is 0.361. The summed E-state index contributed by atoms with van der Waals surface area (Å²) in [6.07, 6.45) is 5.03. The van der Waals surface area contributed by atoms with Crippen molar-refractivity contribution in [1.29, 1.82) is 0 Å². The third-order valence-corrected chi connectivity index (χ3v) is 2.37. The van der Waals surface area contributed by atoms with Gasteiger partial charge in [0.1, 0.15) is 0 Å². The predicted octanol–water partition coefficient (Wildman–Crippen LogP) is 2.19. The molecule has 0 saturated carbocycles. The van der Waals surface area contributed by atoms with Crippen molar-refractivity contribution in [2.45, 2.75) is 26.3 Å². The fraction of sp³-hybridized carbons (Fsp3) is 0.462. The predicted molar refractivity (Wildman–Crippen MR) is 66.8 cm³/mol. The third-order valence-electron chi connectivity index (χ3n) is 2.37. The Labute approximate surface area is 97.5 Å². The van der Waals surface area contributed by atoms with Crippen LogP contribution in [0.3, 0.4) is 0 Å². The van der Waals surface area contributed by atoms with E-state index in [-0.39, 0.29) is 0 Å². The Bertz CT molecular complexity index is 339. The summed E-state index contributed by atoms with van der Waals surface area (Å²) in [6, 6.07) is 4.31. The first-order valence-corrected chi connectivity index (χ1v) is 5.47. The first kappa shape index (κ1) is 12.7. The Morgan fingerprint density at radius 3 is 2.69 bits per heavy atom. The highest BCUT2D eigenvalue weighted by Crippen LogP contribution is 2.09. The molecule has 1 rings (SSSR count). The van der Waals surface area contributed by atoms with Crippen LogP contribution in [0.25, 0.3) is 0 Å². The highest BCUT2D eigenvalue weighted by Gasteiger charge is 2.04. The number of likely N-dealkylation sites (N-methyl/N-ethyl adjacent to an activating group) is 1. The van der Waals surface area contributed by atoms with Crippen LogP contribution in [0.4, 0.5) is 0 Å². The topological polar surface area (TPSA) is 34.1 Å². The maximum Gasteiger partial charge on any atom is 0.212 e. The van der Waals surface area contributed by atoms with Crippen LogP contribution >= 0.6 is 0 Å². The Balaban J connectivity index is 2.67. The van der Waals surface area contributed by atoms with E-state index < -0.39 is 0 Å². The average molecular weight is 220 g/mol. The normalized spacial score (nSPS) is 12.0. The third kappa shape index (κ3) is 4.03. The molecule has 88 valence electrons. The number of hydrogen-bond acceptors (Lipinski definition) is 3. The molecular weight excluding hydrogens is 200 g/mol. The summed E-state index contributed by atoms with van der Waals surface area (Å²) in [4.78, 5) is 4.19. The van der Waals surface area contributed by atoms with Gasteiger partial charge in [-0.1, -0.05) is 17.7 Å². The van der Waals surface area contributed by atoms with Crippen molar-refractivity contribution >= 4 is 0 Å². The van der Waals surface area contributed by atoms with E-state index in [0.29, 0.717) is 11.9 Å². The van der Waals surface area contributed by atoms with Crippen molar-refractivity contribution in [3.63, 3.8) is 0 Å². The van der Waals surface area contributed by atoms with Crippen molar-refractivity contribution in [2.75, 3.05) is 14.2 Å². The summed E-state index contributed by atoms with van der Waals surface area (Å²) in [5, 5.41) is 3.28. The van der Waals surface area contributed by atoms with E-state index in [1.807, 2.05) is 19.3 Å². The molecular formula is C13H20N2O. The van der Waals surface area contributed by atoms with Crippen LogP contribution in [0.1, 0.15) is 19.4 Å². The number of methoxy groups -OCH3 is 1.